The van der Waals surface area contributed by atoms with Gasteiger partial charge in [0, 0.05) is 18.7 Å². The molecule has 1 aromatic heterocycles. The lowest BCUT2D eigenvalue weighted by Crippen LogP contribution is -2.26. The Kier molecular flexibility index (Phi) is 2.99. The molecule has 2 aliphatic carbocycles. The van der Waals surface area contributed by atoms with E-state index in [0.29, 0.717) is 5.92 Å². The Balaban J connectivity index is 1.82. The van der Waals surface area contributed by atoms with Crippen LogP contribution in [0, 0.1) is 5.92 Å². The molecule has 2 N–H and O–H groups in total. The molecule has 2 aliphatic rings. The fraction of sp³-hybridized carbons (Fsp3) is 0.769. The molecule has 3 nitrogen and oxygen atoms in total. The van der Waals surface area contributed by atoms with Crippen molar-refractivity contribution < 1.29 is 0 Å². The number of hydrogen-bond donors (Lipinski definition) is 1. The molecular formula is C13H21N3S. The minimum Gasteiger partial charge on any atom is -0.383 e. The van der Waals surface area contributed by atoms with Crippen molar-refractivity contribution in [2.75, 3.05) is 23.7 Å². The van der Waals surface area contributed by atoms with Gasteiger partial charge in [-0.2, -0.15) is 4.37 Å². The second-order valence-electron chi connectivity index (χ2n) is 5.45. The zero-order valence-corrected chi connectivity index (χ0v) is 11.3. The maximum Gasteiger partial charge on any atom is 0.142 e. The molecule has 1 heterocycles. The fourth-order valence-corrected chi connectivity index (χ4v) is 3.38. The third kappa shape index (κ3) is 2.41. The summed E-state index contributed by atoms with van der Waals surface area (Å²) in [7, 11) is 0. The van der Waals surface area contributed by atoms with Crippen LogP contribution in [0.15, 0.2) is 0 Å². The van der Waals surface area contributed by atoms with Crippen molar-refractivity contribution in [2.24, 2.45) is 5.92 Å². The van der Waals surface area contributed by atoms with Gasteiger partial charge in [-0.15, -0.1) is 0 Å². The van der Waals surface area contributed by atoms with E-state index in [2.05, 4.69) is 16.2 Å². The van der Waals surface area contributed by atoms with Crippen molar-refractivity contribution >= 4 is 22.4 Å². The van der Waals surface area contributed by atoms with Crippen molar-refractivity contribution in [3.05, 3.63) is 5.56 Å². The van der Waals surface area contributed by atoms with Crippen molar-refractivity contribution in [1.82, 2.24) is 4.37 Å². The van der Waals surface area contributed by atoms with E-state index in [1.54, 1.807) is 11.5 Å². The molecule has 0 amide bonds. The summed E-state index contributed by atoms with van der Waals surface area (Å²) < 4.78 is 4.39. The van der Waals surface area contributed by atoms with E-state index in [-0.39, 0.29) is 0 Å². The van der Waals surface area contributed by atoms with E-state index >= 15 is 0 Å². The lowest BCUT2D eigenvalue weighted by Gasteiger charge is -2.23. The van der Waals surface area contributed by atoms with E-state index in [4.69, 9.17) is 5.73 Å². The third-order valence-electron chi connectivity index (χ3n) is 3.68. The van der Waals surface area contributed by atoms with Crippen LogP contribution in [0.25, 0.3) is 0 Å². The molecule has 0 aliphatic heterocycles. The molecule has 0 saturated heterocycles. The van der Waals surface area contributed by atoms with Crippen molar-refractivity contribution in [3.8, 4) is 0 Å². The van der Waals surface area contributed by atoms with Crippen LogP contribution in [0.2, 0.25) is 0 Å². The first-order valence-corrected chi connectivity index (χ1v) is 7.57. The highest BCUT2D eigenvalue weighted by atomic mass is 32.1. The molecule has 0 unspecified atom stereocenters. The largest absolute Gasteiger partial charge is 0.383 e. The lowest BCUT2D eigenvalue weighted by molar-refractivity contribution is 0.710. The first-order valence-electron chi connectivity index (χ1n) is 6.79. The second-order valence-corrected chi connectivity index (χ2v) is 6.20. The Morgan fingerprint density at radius 1 is 1.35 bits per heavy atom. The molecular weight excluding hydrogens is 230 g/mol. The number of anilines is 2. The first kappa shape index (κ1) is 11.3. The third-order valence-corrected chi connectivity index (χ3v) is 4.62. The summed E-state index contributed by atoms with van der Waals surface area (Å²) in [5, 5.41) is 1.37. The van der Waals surface area contributed by atoms with E-state index in [1.807, 2.05) is 0 Å². The number of aromatic nitrogens is 1. The van der Waals surface area contributed by atoms with Gasteiger partial charge < -0.3 is 10.6 Å². The van der Waals surface area contributed by atoms with Gasteiger partial charge in [0.2, 0.25) is 0 Å². The Bertz CT molecular complexity index is 393. The topological polar surface area (TPSA) is 42.2 Å². The van der Waals surface area contributed by atoms with Gasteiger partial charge in [0.15, 0.2) is 0 Å². The molecule has 1 aromatic rings. The van der Waals surface area contributed by atoms with Crippen LogP contribution in [0.3, 0.4) is 0 Å². The van der Waals surface area contributed by atoms with E-state index in [1.165, 1.54) is 49.2 Å². The Hall–Kier alpha value is -0.770. The van der Waals surface area contributed by atoms with Gasteiger partial charge in [-0.3, -0.25) is 0 Å². The summed E-state index contributed by atoms with van der Waals surface area (Å²) in [6.07, 6.45) is 6.63. The van der Waals surface area contributed by atoms with E-state index in [9.17, 15) is 0 Å². The normalized spacial score (nSPS) is 19.6. The standard InChI is InChI=1S/C13H21N3S/c1-2-7-16(8-9-3-4-9)13-11(10-5-6-10)12(14)15-17-13/h9-10H,2-8H2,1H3,(H2,14,15). The monoisotopic (exact) mass is 251 g/mol. The Labute approximate surface area is 107 Å². The van der Waals surface area contributed by atoms with Gasteiger partial charge in [0.05, 0.1) is 0 Å². The summed E-state index contributed by atoms with van der Waals surface area (Å²) in [5.74, 6) is 2.43. The molecule has 2 fully saturated rings. The molecule has 3 rings (SSSR count). The summed E-state index contributed by atoms with van der Waals surface area (Å²) in [6.45, 7) is 4.62. The zero-order valence-electron chi connectivity index (χ0n) is 10.5. The summed E-state index contributed by atoms with van der Waals surface area (Å²) in [6, 6.07) is 0. The van der Waals surface area contributed by atoms with Crippen LogP contribution in [0.4, 0.5) is 10.8 Å². The lowest BCUT2D eigenvalue weighted by atomic mass is 10.2. The zero-order chi connectivity index (χ0) is 11.8. The SMILES string of the molecule is CCCN(CC1CC1)c1snc(N)c1C1CC1. The van der Waals surface area contributed by atoms with E-state index < -0.39 is 0 Å². The first-order chi connectivity index (χ1) is 8.29. The summed E-state index contributed by atoms with van der Waals surface area (Å²) >= 11 is 1.61. The van der Waals surface area contributed by atoms with Gasteiger partial charge in [-0.25, -0.2) is 0 Å². The van der Waals surface area contributed by atoms with Gasteiger partial charge >= 0.3 is 0 Å². The Morgan fingerprint density at radius 2 is 2.12 bits per heavy atom. The van der Waals surface area contributed by atoms with Gasteiger partial charge in [-0.05, 0) is 55.5 Å². The van der Waals surface area contributed by atoms with Crippen LogP contribution in [0.1, 0.15) is 50.5 Å². The number of hydrogen-bond acceptors (Lipinski definition) is 4. The quantitative estimate of drug-likeness (QED) is 0.844. The number of nitrogens with zero attached hydrogens (tertiary/aromatic N) is 2. The number of nitrogen functional groups attached to an aromatic ring is 1. The number of nitrogens with two attached hydrogens (primary N) is 1. The summed E-state index contributed by atoms with van der Waals surface area (Å²) in [5.41, 5.74) is 7.40. The maximum absolute atomic E-state index is 6.04. The molecule has 0 atom stereocenters. The predicted octanol–water partition coefficient (Wildman–Crippen LogP) is 3.23. The van der Waals surface area contributed by atoms with Crippen LogP contribution in [0.5, 0.6) is 0 Å². The highest BCUT2D eigenvalue weighted by molar-refractivity contribution is 7.10. The smallest absolute Gasteiger partial charge is 0.142 e. The average Bonchev–Trinajstić information content (AvgIpc) is 3.19. The molecule has 0 radical (unpaired) electrons. The van der Waals surface area contributed by atoms with Crippen LogP contribution in [-0.2, 0) is 0 Å². The highest BCUT2D eigenvalue weighted by Crippen LogP contribution is 2.49. The molecule has 4 heteroatoms. The average molecular weight is 251 g/mol. The Morgan fingerprint density at radius 3 is 2.71 bits per heavy atom. The molecule has 0 bridgehead atoms. The van der Waals surface area contributed by atoms with Gasteiger partial charge in [-0.1, -0.05) is 6.92 Å². The number of rotatable bonds is 6. The van der Waals surface area contributed by atoms with Crippen molar-refractivity contribution in [1.29, 1.82) is 0 Å². The fourth-order valence-electron chi connectivity index (χ4n) is 2.44. The summed E-state index contributed by atoms with van der Waals surface area (Å²) in [4.78, 5) is 2.54. The molecule has 94 valence electrons. The van der Waals surface area contributed by atoms with Crippen LogP contribution < -0.4 is 10.6 Å². The van der Waals surface area contributed by atoms with Crippen molar-refractivity contribution in [2.45, 2.75) is 44.9 Å². The second kappa shape index (κ2) is 4.48. The van der Waals surface area contributed by atoms with Crippen molar-refractivity contribution in [3.63, 3.8) is 0 Å². The van der Waals surface area contributed by atoms with E-state index in [0.717, 1.165) is 18.3 Å². The van der Waals surface area contributed by atoms with Crippen LogP contribution in [-0.4, -0.2) is 17.5 Å². The molecule has 2 saturated carbocycles. The minimum atomic E-state index is 0.710. The maximum atomic E-state index is 6.04. The van der Waals surface area contributed by atoms with Crippen LogP contribution >= 0.6 is 11.5 Å². The van der Waals surface area contributed by atoms with Gasteiger partial charge in [0.25, 0.3) is 0 Å². The highest BCUT2D eigenvalue weighted by Gasteiger charge is 2.33. The molecule has 0 spiro atoms. The minimum absolute atomic E-state index is 0.710. The molecule has 0 aromatic carbocycles. The molecule has 17 heavy (non-hydrogen) atoms. The van der Waals surface area contributed by atoms with Gasteiger partial charge in [0.1, 0.15) is 10.8 Å². The predicted molar refractivity (Wildman–Crippen MR) is 73.7 cm³/mol.